The summed E-state index contributed by atoms with van der Waals surface area (Å²) in [5, 5.41) is 10.5. The molecule has 7 heteroatoms. The Hall–Kier alpha value is -1.93. The van der Waals surface area contributed by atoms with E-state index < -0.39 is 6.35 Å². The van der Waals surface area contributed by atoms with Crippen molar-refractivity contribution in [2.45, 2.75) is 46.3 Å². The molecule has 1 fully saturated rings. The van der Waals surface area contributed by atoms with Gasteiger partial charge >= 0.3 is 0 Å². The standard InChI is InChI=1S/C23H32N2O5/c1-23(2,3)15-28-12-16-4-5-19-17(10-16)6-7-25-20(19)11-21(24-22(25)26)30-14-18-13-27-8-9-29-18/h4-5,10-11,18,22,26H,6-9,12-15H2,1-3H3/t18-,22?/m0/s1. The maximum absolute atomic E-state index is 10.5. The van der Waals surface area contributed by atoms with Crippen molar-refractivity contribution in [3.05, 3.63) is 41.0 Å². The highest BCUT2D eigenvalue weighted by Gasteiger charge is 2.30. The Bertz CT molecular complexity index is 808. The number of aliphatic hydroxyl groups excluding tert-OH is 1. The fraction of sp³-hybridized carbons (Fsp3) is 0.609. The molecule has 0 saturated carbocycles. The van der Waals surface area contributed by atoms with E-state index >= 15 is 0 Å². The largest absolute Gasteiger partial charge is 0.475 e. The van der Waals surface area contributed by atoms with E-state index in [1.165, 1.54) is 11.1 Å². The van der Waals surface area contributed by atoms with E-state index in [2.05, 4.69) is 44.0 Å². The van der Waals surface area contributed by atoms with Crippen LogP contribution in [0.4, 0.5) is 0 Å². The van der Waals surface area contributed by atoms with Crippen molar-refractivity contribution in [3.63, 3.8) is 0 Å². The van der Waals surface area contributed by atoms with Crippen LogP contribution >= 0.6 is 0 Å². The first kappa shape index (κ1) is 21.3. The number of benzene rings is 1. The third kappa shape index (κ3) is 5.21. The minimum absolute atomic E-state index is 0.107. The lowest BCUT2D eigenvalue weighted by Gasteiger charge is -2.37. The van der Waals surface area contributed by atoms with E-state index in [0.29, 0.717) is 45.5 Å². The Balaban J connectivity index is 1.45. The van der Waals surface area contributed by atoms with E-state index in [1.54, 1.807) is 0 Å². The second-order valence-corrected chi connectivity index (χ2v) is 9.21. The van der Waals surface area contributed by atoms with Crippen molar-refractivity contribution in [1.29, 1.82) is 0 Å². The molecule has 0 amide bonds. The van der Waals surface area contributed by atoms with Gasteiger partial charge in [0.1, 0.15) is 12.7 Å². The summed E-state index contributed by atoms with van der Waals surface area (Å²) in [7, 11) is 0. The Morgan fingerprint density at radius 1 is 1.27 bits per heavy atom. The topological polar surface area (TPSA) is 72.8 Å². The van der Waals surface area contributed by atoms with Crippen molar-refractivity contribution in [2.75, 3.05) is 39.6 Å². The summed E-state index contributed by atoms with van der Waals surface area (Å²) < 4.78 is 22.7. The van der Waals surface area contributed by atoms with Crippen LogP contribution in [0.2, 0.25) is 0 Å². The Morgan fingerprint density at radius 2 is 2.13 bits per heavy atom. The van der Waals surface area contributed by atoms with Crippen molar-refractivity contribution in [3.8, 4) is 0 Å². The van der Waals surface area contributed by atoms with Crippen LogP contribution in [-0.2, 0) is 32.0 Å². The molecule has 4 rings (SSSR count). The summed E-state index contributed by atoms with van der Waals surface area (Å²) in [5.41, 5.74) is 4.63. The molecule has 0 bridgehead atoms. The van der Waals surface area contributed by atoms with Gasteiger partial charge in [-0.2, -0.15) is 4.99 Å². The number of hydrogen-bond acceptors (Lipinski definition) is 7. The van der Waals surface area contributed by atoms with Crippen LogP contribution in [0.15, 0.2) is 29.3 Å². The SMILES string of the molecule is CC(C)(C)COCc1ccc2c(c1)CCN1C2=CC(OC[C@@H]2COCCO2)=NC1O. The first-order chi connectivity index (χ1) is 14.4. The molecule has 1 unspecified atom stereocenters. The van der Waals surface area contributed by atoms with Crippen LogP contribution in [0.3, 0.4) is 0 Å². The molecule has 3 aliphatic heterocycles. The molecule has 30 heavy (non-hydrogen) atoms. The molecule has 0 spiro atoms. The number of nitrogens with zero attached hydrogens (tertiary/aromatic N) is 2. The molecule has 3 heterocycles. The van der Waals surface area contributed by atoms with Gasteiger partial charge in [-0.05, 0) is 23.0 Å². The van der Waals surface area contributed by atoms with Crippen LogP contribution in [-0.4, -0.2) is 67.9 Å². The maximum atomic E-state index is 10.5. The quantitative estimate of drug-likeness (QED) is 0.795. The van der Waals surface area contributed by atoms with Crippen LogP contribution in [0, 0.1) is 5.41 Å². The first-order valence-electron chi connectivity index (χ1n) is 10.7. The van der Waals surface area contributed by atoms with E-state index in [9.17, 15) is 5.11 Å². The molecule has 2 atom stereocenters. The average molecular weight is 417 g/mol. The zero-order valence-corrected chi connectivity index (χ0v) is 18.1. The first-order valence-corrected chi connectivity index (χ1v) is 10.7. The van der Waals surface area contributed by atoms with Crippen molar-refractivity contribution in [1.82, 2.24) is 4.90 Å². The lowest BCUT2D eigenvalue weighted by atomic mass is 9.94. The normalized spacial score (nSPS) is 23.9. The molecule has 7 nitrogen and oxygen atoms in total. The van der Waals surface area contributed by atoms with Gasteiger partial charge < -0.3 is 29.0 Å². The molecule has 1 saturated heterocycles. The van der Waals surface area contributed by atoms with E-state index in [4.69, 9.17) is 18.9 Å². The minimum atomic E-state index is -0.938. The van der Waals surface area contributed by atoms with Gasteiger partial charge in [0.2, 0.25) is 12.2 Å². The van der Waals surface area contributed by atoms with E-state index in [-0.39, 0.29) is 11.5 Å². The average Bonchev–Trinajstić information content (AvgIpc) is 2.72. The summed E-state index contributed by atoms with van der Waals surface area (Å²) in [5.74, 6) is 0.424. The second kappa shape index (κ2) is 9.06. The third-order valence-electron chi connectivity index (χ3n) is 5.26. The zero-order chi connectivity index (χ0) is 21.1. The number of rotatable bonds is 5. The predicted molar refractivity (Wildman–Crippen MR) is 114 cm³/mol. The Morgan fingerprint density at radius 3 is 2.90 bits per heavy atom. The number of hydrogen-bond donors (Lipinski definition) is 1. The summed E-state index contributed by atoms with van der Waals surface area (Å²) in [6.45, 7) is 10.6. The smallest absolute Gasteiger partial charge is 0.229 e. The Labute approximate surface area is 178 Å². The molecule has 1 N–H and O–H groups in total. The summed E-state index contributed by atoms with van der Waals surface area (Å²) >= 11 is 0. The van der Waals surface area contributed by atoms with Crippen LogP contribution < -0.4 is 0 Å². The van der Waals surface area contributed by atoms with Gasteiger partial charge in [-0.3, -0.25) is 0 Å². The summed E-state index contributed by atoms with van der Waals surface area (Å²) in [6.07, 6.45) is 1.72. The molecule has 1 aromatic carbocycles. The highest BCUT2D eigenvalue weighted by molar-refractivity contribution is 5.97. The predicted octanol–water partition coefficient (Wildman–Crippen LogP) is 2.57. The fourth-order valence-electron chi connectivity index (χ4n) is 3.81. The van der Waals surface area contributed by atoms with Gasteiger partial charge in [0.05, 0.1) is 38.7 Å². The number of aliphatic imine (C=N–C) groups is 1. The van der Waals surface area contributed by atoms with Gasteiger partial charge in [-0.25, -0.2) is 0 Å². The monoisotopic (exact) mass is 416 g/mol. The molecule has 0 aliphatic carbocycles. The van der Waals surface area contributed by atoms with Crippen molar-refractivity contribution in [2.24, 2.45) is 10.4 Å². The maximum Gasteiger partial charge on any atom is 0.229 e. The van der Waals surface area contributed by atoms with E-state index in [0.717, 1.165) is 24.3 Å². The van der Waals surface area contributed by atoms with Gasteiger partial charge in [0.25, 0.3) is 0 Å². The highest BCUT2D eigenvalue weighted by Crippen LogP contribution is 2.33. The fourth-order valence-corrected chi connectivity index (χ4v) is 3.81. The lowest BCUT2D eigenvalue weighted by molar-refractivity contribution is -0.103. The van der Waals surface area contributed by atoms with Gasteiger partial charge in [-0.15, -0.1) is 0 Å². The lowest BCUT2D eigenvalue weighted by Crippen LogP contribution is -2.41. The number of aliphatic hydroxyl groups is 1. The van der Waals surface area contributed by atoms with Crippen LogP contribution in [0.5, 0.6) is 0 Å². The zero-order valence-electron chi connectivity index (χ0n) is 18.1. The number of ether oxygens (including phenoxy) is 4. The molecule has 0 aromatic heterocycles. The van der Waals surface area contributed by atoms with Gasteiger partial charge in [0.15, 0.2) is 0 Å². The van der Waals surface area contributed by atoms with Crippen LogP contribution in [0.1, 0.15) is 37.5 Å². The molecular weight excluding hydrogens is 384 g/mol. The third-order valence-corrected chi connectivity index (χ3v) is 5.26. The summed E-state index contributed by atoms with van der Waals surface area (Å²) in [4.78, 5) is 6.20. The van der Waals surface area contributed by atoms with Crippen molar-refractivity contribution >= 4 is 11.6 Å². The molecule has 1 aromatic rings. The van der Waals surface area contributed by atoms with Crippen molar-refractivity contribution < 1.29 is 24.1 Å². The van der Waals surface area contributed by atoms with Gasteiger partial charge in [-0.1, -0.05) is 39.0 Å². The number of fused-ring (bicyclic) bond motifs is 3. The van der Waals surface area contributed by atoms with Gasteiger partial charge in [0, 0.05) is 18.2 Å². The van der Waals surface area contributed by atoms with E-state index in [1.807, 2.05) is 11.0 Å². The highest BCUT2D eigenvalue weighted by atomic mass is 16.6. The molecular formula is C23H32N2O5. The minimum Gasteiger partial charge on any atom is -0.475 e. The molecule has 3 aliphatic rings. The summed E-state index contributed by atoms with van der Waals surface area (Å²) in [6, 6.07) is 6.41. The Kier molecular flexibility index (Phi) is 6.43. The molecule has 0 radical (unpaired) electrons. The van der Waals surface area contributed by atoms with Crippen LogP contribution in [0.25, 0.3) is 5.70 Å². The second-order valence-electron chi connectivity index (χ2n) is 9.21. The molecule has 164 valence electrons.